The molecule has 1 aliphatic heterocycles. The summed E-state index contributed by atoms with van der Waals surface area (Å²) in [5.74, 6) is -0.585. The number of urea groups is 1. The topological polar surface area (TPSA) is 90.9 Å². The minimum absolute atomic E-state index is 0.0230. The number of aliphatic hydroxyl groups excluding tert-OH is 1. The Labute approximate surface area is 174 Å². The van der Waals surface area contributed by atoms with Crippen LogP contribution in [0.25, 0.3) is 0 Å². The molecule has 0 spiro atoms. The van der Waals surface area contributed by atoms with E-state index in [1.54, 1.807) is 41.3 Å². The highest BCUT2D eigenvalue weighted by atomic mass is 19.1. The number of amides is 3. The molecular formula is C22H26FN3O4. The van der Waals surface area contributed by atoms with Crippen LogP contribution in [0.3, 0.4) is 0 Å². The summed E-state index contributed by atoms with van der Waals surface area (Å²) in [5.41, 5.74) is 2.16. The molecule has 3 rings (SSSR count). The molecule has 0 bridgehead atoms. The maximum absolute atomic E-state index is 13.2. The molecule has 1 fully saturated rings. The van der Waals surface area contributed by atoms with Crippen LogP contribution in [0.2, 0.25) is 0 Å². The predicted octanol–water partition coefficient (Wildman–Crippen LogP) is 2.82. The van der Waals surface area contributed by atoms with Gasteiger partial charge in [0.2, 0.25) is 5.91 Å². The minimum Gasteiger partial charge on any atom is -0.394 e. The van der Waals surface area contributed by atoms with Gasteiger partial charge in [0.25, 0.3) is 0 Å². The first-order valence-electron chi connectivity index (χ1n) is 9.81. The highest BCUT2D eigenvalue weighted by molar-refractivity contribution is 5.89. The van der Waals surface area contributed by atoms with Gasteiger partial charge in [0.15, 0.2) is 0 Å². The van der Waals surface area contributed by atoms with Crippen molar-refractivity contribution < 1.29 is 23.8 Å². The van der Waals surface area contributed by atoms with Crippen molar-refractivity contribution in [2.75, 3.05) is 18.5 Å². The van der Waals surface area contributed by atoms with Gasteiger partial charge in [-0.15, -0.1) is 0 Å². The van der Waals surface area contributed by atoms with Gasteiger partial charge >= 0.3 is 6.03 Å². The summed E-state index contributed by atoms with van der Waals surface area (Å²) >= 11 is 0. The van der Waals surface area contributed by atoms with Crippen molar-refractivity contribution in [1.82, 2.24) is 10.2 Å². The molecule has 3 amide bonds. The molecule has 7 nitrogen and oxygen atoms in total. The van der Waals surface area contributed by atoms with Crippen LogP contribution in [0.1, 0.15) is 31.1 Å². The number of benzene rings is 2. The largest absolute Gasteiger partial charge is 0.394 e. The summed E-state index contributed by atoms with van der Waals surface area (Å²) in [5, 5.41) is 15.5. The Balaban J connectivity index is 1.73. The number of carbonyl (C=O) groups is 2. The third-order valence-corrected chi connectivity index (χ3v) is 4.83. The van der Waals surface area contributed by atoms with Gasteiger partial charge in [-0.1, -0.05) is 24.3 Å². The van der Waals surface area contributed by atoms with Gasteiger partial charge in [-0.3, -0.25) is 4.79 Å². The summed E-state index contributed by atoms with van der Waals surface area (Å²) in [6.45, 7) is 3.60. The molecule has 0 aliphatic carbocycles. The average molecular weight is 415 g/mol. The molecular weight excluding hydrogens is 389 g/mol. The van der Waals surface area contributed by atoms with Crippen LogP contribution in [0.5, 0.6) is 0 Å². The zero-order chi connectivity index (χ0) is 21.7. The standard InChI is InChI=1S/C22H26FN3O4/c1-14(2)24-22(29)25-18-9-5-16(6-10-18)21-19(12-27)26(20(28)13-30-21)11-15-3-7-17(23)8-4-15/h3-10,14,19,21,27H,11-13H2,1-2H3,(H2,24,25,29)/t19-,21-/m1/s1. The lowest BCUT2D eigenvalue weighted by molar-refractivity contribution is -0.162. The molecule has 1 heterocycles. The highest BCUT2D eigenvalue weighted by Crippen LogP contribution is 2.31. The molecule has 2 atom stereocenters. The van der Waals surface area contributed by atoms with Gasteiger partial charge in [-0.2, -0.15) is 0 Å². The van der Waals surface area contributed by atoms with E-state index in [1.807, 2.05) is 13.8 Å². The summed E-state index contributed by atoms with van der Waals surface area (Å²) in [4.78, 5) is 25.8. The Kier molecular flexibility index (Phi) is 7.02. The molecule has 3 N–H and O–H groups in total. The number of nitrogens with zero attached hydrogens (tertiary/aromatic N) is 1. The summed E-state index contributed by atoms with van der Waals surface area (Å²) in [7, 11) is 0. The third-order valence-electron chi connectivity index (χ3n) is 4.83. The van der Waals surface area contributed by atoms with Crippen LogP contribution in [0, 0.1) is 5.82 Å². The molecule has 2 aromatic rings. The Morgan fingerprint density at radius 1 is 1.20 bits per heavy atom. The fourth-order valence-corrected chi connectivity index (χ4v) is 3.39. The lowest BCUT2D eigenvalue weighted by Gasteiger charge is -2.40. The second-order valence-corrected chi connectivity index (χ2v) is 7.50. The molecule has 0 unspecified atom stereocenters. The van der Waals surface area contributed by atoms with Crippen molar-refractivity contribution >= 4 is 17.6 Å². The average Bonchev–Trinajstić information content (AvgIpc) is 2.71. The Morgan fingerprint density at radius 2 is 1.87 bits per heavy atom. The van der Waals surface area contributed by atoms with Crippen molar-refractivity contribution in [2.45, 2.75) is 38.6 Å². The molecule has 0 radical (unpaired) electrons. The SMILES string of the molecule is CC(C)NC(=O)Nc1ccc([C@H]2OCC(=O)N(Cc3ccc(F)cc3)[C@@H]2CO)cc1. The van der Waals surface area contributed by atoms with Gasteiger partial charge in [0.1, 0.15) is 18.5 Å². The first-order chi connectivity index (χ1) is 14.4. The number of hydrogen-bond acceptors (Lipinski definition) is 4. The zero-order valence-corrected chi connectivity index (χ0v) is 17.0. The Bertz CT molecular complexity index is 871. The third kappa shape index (κ3) is 5.34. The number of halogens is 1. The van der Waals surface area contributed by atoms with Crippen molar-refractivity contribution in [3.05, 3.63) is 65.5 Å². The van der Waals surface area contributed by atoms with Crippen LogP contribution in [0.15, 0.2) is 48.5 Å². The smallest absolute Gasteiger partial charge is 0.319 e. The predicted molar refractivity (Wildman–Crippen MR) is 110 cm³/mol. The molecule has 160 valence electrons. The van der Waals surface area contributed by atoms with Crippen LogP contribution >= 0.6 is 0 Å². The van der Waals surface area contributed by atoms with E-state index in [-0.39, 0.29) is 43.6 Å². The maximum Gasteiger partial charge on any atom is 0.319 e. The first-order valence-corrected chi connectivity index (χ1v) is 9.81. The number of rotatable bonds is 6. The number of nitrogens with one attached hydrogen (secondary N) is 2. The van der Waals surface area contributed by atoms with E-state index in [0.717, 1.165) is 11.1 Å². The molecule has 8 heteroatoms. The number of carbonyl (C=O) groups excluding carboxylic acids is 2. The van der Waals surface area contributed by atoms with Crippen molar-refractivity contribution in [2.24, 2.45) is 0 Å². The van der Waals surface area contributed by atoms with Crippen LogP contribution in [0.4, 0.5) is 14.9 Å². The summed E-state index contributed by atoms with van der Waals surface area (Å²) in [6, 6.07) is 12.1. The molecule has 2 aromatic carbocycles. The Morgan fingerprint density at radius 3 is 2.47 bits per heavy atom. The second kappa shape index (κ2) is 9.69. The van der Waals surface area contributed by atoms with Gasteiger partial charge in [-0.05, 0) is 49.2 Å². The lowest BCUT2D eigenvalue weighted by atomic mass is 9.98. The van der Waals surface area contributed by atoms with E-state index in [2.05, 4.69) is 10.6 Å². The lowest BCUT2D eigenvalue weighted by Crippen LogP contribution is -2.52. The van der Waals surface area contributed by atoms with E-state index in [0.29, 0.717) is 5.69 Å². The van der Waals surface area contributed by atoms with Crippen molar-refractivity contribution in [3.8, 4) is 0 Å². The molecule has 0 saturated carbocycles. The second-order valence-electron chi connectivity index (χ2n) is 7.50. The van der Waals surface area contributed by atoms with E-state index in [1.165, 1.54) is 12.1 Å². The van der Waals surface area contributed by atoms with Crippen molar-refractivity contribution in [3.63, 3.8) is 0 Å². The number of anilines is 1. The number of ether oxygens (including phenoxy) is 1. The summed E-state index contributed by atoms with van der Waals surface area (Å²) in [6.07, 6.45) is -0.522. The van der Waals surface area contributed by atoms with Gasteiger partial charge in [0.05, 0.1) is 12.6 Å². The van der Waals surface area contributed by atoms with Crippen LogP contribution < -0.4 is 10.6 Å². The first kappa shape index (κ1) is 21.7. The molecule has 1 aliphatic rings. The normalized spacial score (nSPS) is 19.1. The molecule has 0 aromatic heterocycles. The van der Waals surface area contributed by atoms with Crippen LogP contribution in [-0.2, 0) is 16.1 Å². The fourth-order valence-electron chi connectivity index (χ4n) is 3.39. The number of morpholine rings is 1. The zero-order valence-electron chi connectivity index (χ0n) is 17.0. The van der Waals surface area contributed by atoms with Gasteiger partial charge in [0, 0.05) is 18.3 Å². The van der Waals surface area contributed by atoms with Gasteiger partial charge < -0.3 is 25.4 Å². The number of aliphatic hydroxyl groups is 1. The van der Waals surface area contributed by atoms with E-state index >= 15 is 0 Å². The quantitative estimate of drug-likeness (QED) is 0.677. The summed E-state index contributed by atoms with van der Waals surface area (Å²) < 4.78 is 18.9. The number of hydrogen-bond donors (Lipinski definition) is 3. The van der Waals surface area contributed by atoms with Gasteiger partial charge in [-0.25, -0.2) is 9.18 Å². The fraction of sp³-hybridized carbons (Fsp3) is 0.364. The van der Waals surface area contributed by atoms with Crippen LogP contribution in [-0.4, -0.2) is 47.2 Å². The van der Waals surface area contributed by atoms with E-state index in [4.69, 9.17) is 4.74 Å². The monoisotopic (exact) mass is 415 g/mol. The van der Waals surface area contributed by atoms with E-state index in [9.17, 15) is 19.1 Å². The maximum atomic E-state index is 13.2. The van der Waals surface area contributed by atoms with Crippen molar-refractivity contribution in [1.29, 1.82) is 0 Å². The Hall–Kier alpha value is -2.97. The van der Waals surface area contributed by atoms with E-state index < -0.39 is 12.1 Å². The molecule has 1 saturated heterocycles. The highest BCUT2D eigenvalue weighted by Gasteiger charge is 2.37. The molecule has 30 heavy (non-hydrogen) atoms. The minimum atomic E-state index is -0.584.